The van der Waals surface area contributed by atoms with Crippen LogP contribution in [0, 0.1) is 0 Å². The summed E-state index contributed by atoms with van der Waals surface area (Å²) in [7, 11) is 0. The Kier molecular flexibility index (Phi) is 6.35. The summed E-state index contributed by atoms with van der Waals surface area (Å²) in [5.74, 6) is 2.12. The highest BCUT2D eigenvalue weighted by molar-refractivity contribution is 7.98. The van der Waals surface area contributed by atoms with Gasteiger partial charge in [-0.05, 0) is 24.5 Å². The van der Waals surface area contributed by atoms with Crippen LogP contribution in [0.4, 0.5) is 0 Å². The summed E-state index contributed by atoms with van der Waals surface area (Å²) in [5.41, 5.74) is 1.23. The van der Waals surface area contributed by atoms with Crippen LogP contribution in [0.5, 0.6) is 0 Å². The minimum absolute atomic E-state index is 0.652. The molecule has 1 aromatic rings. The predicted molar refractivity (Wildman–Crippen MR) is 79.5 cm³/mol. The number of ether oxygens (including phenoxy) is 1. The highest BCUT2D eigenvalue weighted by atomic mass is 35.5. The Hall–Kier alpha value is -0.220. The minimum atomic E-state index is 0.652. The molecule has 0 radical (unpaired) electrons. The smallest absolute Gasteiger partial charge is 0.0480 e. The van der Waals surface area contributed by atoms with Crippen molar-refractivity contribution in [1.29, 1.82) is 0 Å². The second kappa shape index (κ2) is 8.05. The van der Waals surface area contributed by atoms with E-state index in [1.54, 1.807) is 0 Å². The topological polar surface area (TPSA) is 21.3 Å². The molecule has 0 spiro atoms. The zero-order chi connectivity index (χ0) is 12.6. The second-order valence-corrected chi connectivity index (χ2v) is 6.00. The molecular formula is C14H20ClNOS. The van der Waals surface area contributed by atoms with Gasteiger partial charge in [0.05, 0.1) is 0 Å². The van der Waals surface area contributed by atoms with E-state index < -0.39 is 0 Å². The van der Waals surface area contributed by atoms with Gasteiger partial charge in [0.15, 0.2) is 0 Å². The monoisotopic (exact) mass is 285 g/mol. The number of benzene rings is 1. The lowest BCUT2D eigenvalue weighted by molar-refractivity contribution is 0.0786. The molecule has 4 heteroatoms. The first-order valence-corrected chi connectivity index (χ1v) is 8.02. The van der Waals surface area contributed by atoms with Crippen LogP contribution < -0.4 is 5.32 Å². The maximum Gasteiger partial charge on any atom is 0.0480 e. The second-order valence-electron chi connectivity index (χ2n) is 4.48. The molecule has 1 fully saturated rings. The molecule has 18 heavy (non-hydrogen) atoms. The average Bonchev–Trinajstić information content (AvgIpc) is 2.42. The first kappa shape index (κ1) is 14.2. The molecule has 1 aliphatic rings. The molecule has 0 aromatic heterocycles. The zero-order valence-electron chi connectivity index (χ0n) is 10.5. The van der Waals surface area contributed by atoms with Crippen molar-refractivity contribution in [2.24, 2.45) is 0 Å². The fourth-order valence-corrected chi connectivity index (χ4v) is 3.19. The Balaban J connectivity index is 1.57. The molecule has 0 unspecified atom stereocenters. The summed E-state index contributed by atoms with van der Waals surface area (Å²) in [6.45, 7) is 2.88. The van der Waals surface area contributed by atoms with Gasteiger partial charge in [0, 0.05) is 42.3 Å². The average molecular weight is 286 g/mol. The standard InChI is InChI=1S/C14H20ClNOS/c15-14-4-2-1-3-12(14)11-18-10-7-16-13-5-8-17-9-6-13/h1-4,13,16H,5-11H2. The van der Waals surface area contributed by atoms with Crippen molar-refractivity contribution in [3.8, 4) is 0 Å². The summed E-state index contributed by atoms with van der Waals surface area (Å²) in [5, 5.41) is 4.47. The molecule has 0 amide bonds. The number of hydrogen-bond acceptors (Lipinski definition) is 3. The number of rotatable bonds is 6. The van der Waals surface area contributed by atoms with Crippen LogP contribution in [0.1, 0.15) is 18.4 Å². The largest absolute Gasteiger partial charge is 0.381 e. The number of hydrogen-bond donors (Lipinski definition) is 1. The van der Waals surface area contributed by atoms with E-state index in [1.807, 2.05) is 30.0 Å². The van der Waals surface area contributed by atoms with Crippen LogP contribution in [-0.2, 0) is 10.5 Å². The zero-order valence-corrected chi connectivity index (χ0v) is 12.1. The van der Waals surface area contributed by atoms with E-state index in [0.717, 1.165) is 49.1 Å². The maximum absolute atomic E-state index is 6.12. The maximum atomic E-state index is 6.12. The molecule has 1 heterocycles. The highest BCUT2D eigenvalue weighted by Gasteiger charge is 2.12. The van der Waals surface area contributed by atoms with E-state index in [0.29, 0.717) is 6.04 Å². The molecule has 1 N–H and O–H groups in total. The van der Waals surface area contributed by atoms with E-state index in [4.69, 9.17) is 16.3 Å². The van der Waals surface area contributed by atoms with E-state index in [-0.39, 0.29) is 0 Å². The van der Waals surface area contributed by atoms with Crippen LogP contribution in [-0.4, -0.2) is 31.6 Å². The van der Waals surface area contributed by atoms with Crippen LogP contribution in [0.2, 0.25) is 5.02 Å². The first-order valence-electron chi connectivity index (χ1n) is 6.48. The fraction of sp³-hybridized carbons (Fsp3) is 0.571. The van der Waals surface area contributed by atoms with Gasteiger partial charge in [0.1, 0.15) is 0 Å². The highest BCUT2D eigenvalue weighted by Crippen LogP contribution is 2.20. The van der Waals surface area contributed by atoms with Crippen molar-refractivity contribution < 1.29 is 4.74 Å². The van der Waals surface area contributed by atoms with Gasteiger partial charge in [-0.2, -0.15) is 11.8 Å². The fourth-order valence-electron chi connectivity index (χ4n) is 2.03. The number of nitrogens with one attached hydrogen (secondary N) is 1. The van der Waals surface area contributed by atoms with Crippen LogP contribution in [0.15, 0.2) is 24.3 Å². The van der Waals surface area contributed by atoms with Crippen molar-refractivity contribution in [2.45, 2.75) is 24.6 Å². The molecule has 100 valence electrons. The first-order chi connectivity index (χ1) is 8.86. The van der Waals surface area contributed by atoms with Gasteiger partial charge in [-0.15, -0.1) is 0 Å². The molecule has 1 aromatic carbocycles. The van der Waals surface area contributed by atoms with Crippen molar-refractivity contribution in [2.75, 3.05) is 25.5 Å². The minimum Gasteiger partial charge on any atom is -0.381 e. The van der Waals surface area contributed by atoms with E-state index >= 15 is 0 Å². The Morgan fingerprint density at radius 2 is 2.06 bits per heavy atom. The van der Waals surface area contributed by atoms with E-state index in [1.165, 1.54) is 5.56 Å². The lowest BCUT2D eigenvalue weighted by atomic mass is 10.1. The number of halogens is 1. The molecule has 1 aliphatic heterocycles. The number of thioether (sulfide) groups is 1. The Morgan fingerprint density at radius 1 is 1.28 bits per heavy atom. The third-order valence-corrected chi connectivity index (χ3v) is 4.49. The van der Waals surface area contributed by atoms with E-state index in [9.17, 15) is 0 Å². The molecule has 1 saturated heterocycles. The summed E-state index contributed by atoms with van der Waals surface area (Å²) >= 11 is 8.05. The SMILES string of the molecule is Clc1ccccc1CSCCNC1CCOCC1. The Labute approximate surface area is 118 Å². The lowest BCUT2D eigenvalue weighted by Crippen LogP contribution is -2.36. The van der Waals surface area contributed by atoms with Crippen molar-refractivity contribution in [1.82, 2.24) is 5.32 Å². The molecular weight excluding hydrogens is 266 g/mol. The summed E-state index contributed by atoms with van der Waals surface area (Å²) in [6, 6.07) is 8.73. The van der Waals surface area contributed by atoms with Crippen LogP contribution in [0.3, 0.4) is 0 Å². The molecule has 2 rings (SSSR count). The predicted octanol–water partition coefficient (Wildman–Crippen LogP) is 3.34. The van der Waals surface area contributed by atoms with Gasteiger partial charge in [-0.1, -0.05) is 29.8 Å². The Morgan fingerprint density at radius 3 is 2.83 bits per heavy atom. The van der Waals surface area contributed by atoms with Crippen molar-refractivity contribution in [3.63, 3.8) is 0 Å². The summed E-state index contributed by atoms with van der Waals surface area (Å²) in [6.07, 6.45) is 2.30. The Bertz CT molecular complexity index is 355. The molecule has 0 saturated carbocycles. The quantitative estimate of drug-likeness (QED) is 0.810. The van der Waals surface area contributed by atoms with Crippen LogP contribution >= 0.6 is 23.4 Å². The van der Waals surface area contributed by atoms with Gasteiger partial charge < -0.3 is 10.1 Å². The van der Waals surface area contributed by atoms with Gasteiger partial charge >= 0.3 is 0 Å². The summed E-state index contributed by atoms with van der Waals surface area (Å²) < 4.78 is 5.34. The summed E-state index contributed by atoms with van der Waals surface area (Å²) in [4.78, 5) is 0. The third kappa shape index (κ3) is 4.81. The third-order valence-electron chi connectivity index (χ3n) is 3.12. The molecule has 2 nitrogen and oxygen atoms in total. The van der Waals surface area contributed by atoms with Crippen molar-refractivity contribution >= 4 is 23.4 Å². The molecule has 0 aliphatic carbocycles. The van der Waals surface area contributed by atoms with Gasteiger partial charge in [0.25, 0.3) is 0 Å². The van der Waals surface area contributed by atoms with E-state index in [2.05, 4.69) is 11.4 Å². The van der Waals surface area contributed by atoms with Crippen molar-refractivity contribution in [3.05, 3.63) is 34.9 Å². The lowest BCUT2D eigenvalue weighted by Gasteiger charge is -2.23. The van der Waals surface area contributed by atoms with Gasteiger partial charge in [-0.3, -0.25) is 0 Å². The van der Waals surface area contributed by atoms with Crippen LogP contribution in [0.25, 0.3) is 0 Å². The van der Waals surface area contributed by atoms with Gasteiger partial charge in [-0.25, -0.2) is 0 Å². The molecule has 0 atom stereocenters. The van der Waals surface area contributed by atoms with Gasteiger partial charge in [0.2, 0.25) is 0 Å². The normalized spacial score (nSPS) is 16.9. The molecule has 0 bridgehead atoms.